The predicted octanol–water partition coefficient (Wildman–Crippen LogP) is 8.55. The molecule has 2 aromatic rings. The molecule has 2 aliphatic rings. The Bertz CT molecular complexity index is 1110. The molecule has 1 unspecified atom stereocenters. The van der Waals surface area contributed by atoms with E-state index in [4.69, 9.17) is 0 Å². The third kappa shape index (κ3) is 4.28. The maximum atomic E-state index is 4.09. The molecule has 174 valence electrons. The molecule has 4 rings (SSSR count). The fourth-order valence-electron chi connectivity index (χ4n) is 6.29. The average molecular weight is 440 g/mol. The van der Waals surface area contributed by atoms with Crippen LogP contribution in [0, 0.1) is 24.7 Å². The van der Waals surface area contributed by atoms with Crippen LogP contribution in [0.4, 0.5) is 0 Å². The van der Waals surface area contributed by atoms with E-state index >= 15 is 0 Å². The molecule has 0 saturated carbocycles. The zero-order valence-electron chi connectivity index (χ0n) is 21.8. The molecule has 2 aromatic carbocycles. The summed E-state index contributed by atoms with van der Waals surface area (Å²) in [5.41, 5.74) is 11.2. The summed E-state index contributed by atoms with van der Waals surface area (Å²) in [5.74, 6) is 0. The predicted molar refractivity (Wildman–Crippen MR) is 144 cm³/mol. The molecule has 0 amide bonds. The molecular formula is C32H41N. The largest absolute Gasteiger partial charge is 0.292 e. The Morgan fingerprint density at radius 2 is 1.70 bits per heavy atom. The summed E-state index contributed by atoms with van der Waals surface area (Å²) < 4.78 is 0. The van der Waals surface area contributed by atoms with Gasteiger partial charge in [-0.2, -0.15) is 0 Å². The smallest absolute Gasteiger partial charge is 0.0349 e. The third-order valence-electron chi connectivity index (χ3n) is 8.27. The molecule has 0 fully saturated rings. The lowest BCUT2D eigenvalue weighted by molar-refractivity contribution is 0.120. The van der Waals surface area contributed by atoms with Gasteiger partial charge in [-0.25, -0.2) is 0 Å². The van der Waals surface area contributed by atoms with E-state index in [9.17, 15) is 0 Å². The van der Waals surface area contributed by atoms with E-state index in [0.717, 1.165) is 31.5 Å². The van der Waals surface area contributed by atoms with Crippen molar-refractivity contribution >= 4 is 11.1 Å². The molecule has 1 heteroatoms. The molecule has 0 saturated heterocycles. The molecule has 1 heterocycles. The number of hydrogen-bond donors (Lipinski definition) is 0. The number of benzene rings is 2. The summed E-state index contributed by atoms with van der Waals surface area (Å²) in [6.45, 7) is 22.4. The summed E-state index contributed by atoms with van der Waals surface area (Å²) >= 11 is 0. The summed E-state index contributed by atoms with van der Waals surface area (Å²) in [7, 11) is 0. The number of fused-ring (bicyclic) bond motifs is 1. The van der Waals surface area contributed by atoms with E-state index in [0.29, 0.717) is 6.04 Å². The number of nitrogens with zero attached hydrogens (tertiary/aromatic N) is 1. The first kappa shape index (κ1) is 23.8. The lowest BCUT2D eigenvalue weighted by Gasteiger charge is -2.52. The van der Waals surface area contributed by atoms with Crippen LogP contribution in [-0.4, -0.2) is 18.0 Å². The molecule has 0 radical (unpaired) electrons. The van der Waals surface area contributed by atoms with Crippen molar-refractivity contribution in [3.05, 3.63) is 94.6 Å². The standard InChI is InChI=1S/C32H41N/c1-9-29(27-11-10-23(4)24(5)20-27)33-19-17-30-31(6,7)28(16-18-32(30,8)21-33)26-14-12-25(13-15-26)22(2)3/h10-17,20,29H,2,9,18-19,21H2,1,3-8H3/t29?,32-/m1/s1. The number of hydrogen-bond acceptors (Lipinski definition) is 1. The quantitative estimate of drug-likeness (QED) is 0.422. The van der Waals surface area contributed by atoms with Gasteiger partial charge in [0.1, 0.15) is 0 Å². The second-order valence-electron chi connectivity index (χ2n) is 11.2. The monoisotopic (exact) mass is 439 g/mol. The van der Waals surface area contributed by atoms with Crippen molar-refractivity contribution in [2.45, 2.75) is 67.3 Å². The highest BCUT2D eigenvalue weighted by Crippen LogP contribution is 2.56. The molecule has 0 spiro atoms. The highest BCUT2D eigenvalue weighted by atomic mass is 15.2. The Balaban J connectivity index is 1.63. The van der Waals surface area contributed by atoms with Gasteiger partial charge >= 0.3 is 0 Å². The molecule has 0 N–H and O–H groups in total. The fraction of sp³-hybridized carbons (Fsp3) is 0.438. The van der Waals surface area contributed by atoms with Gasteiger partial charge in [-0.1, -0.05) is 100 Å². The minimum Gasteiger partial charge on any atom is -0.292 e. The average Bonchev–Trinajstić information content (AvgIpc) is 2.76. The molecule has 2 atom stereocenters. The Labute approximate surface area is 201 Å². The summed E-state index contributed by atoms with van der Waals surface area (Å²) in [6.07, 6.45) is 7.32. The SMILES string of the molecule is C=C(C)c1ccc(C2=CC[C@]3(C)CN(C(CC)c4ccc(C)c(C)c4)CC=C3C2(C)C)cc1. The van der Waals surface area contributed by atoms with Crippen molar-refractivity contribution in [3.63, 3.8) is 0 Å². The van der Waals surface area contributed by atoms with Crippen LogP contribution in [0.1, 0.15) is 81.3 Å². The van der Waals surface area contributed by atoms with Gasteiger partial charge in [0, 0.05) is 30.0 Å². The van der Waals surface area contributed by atoms with Crippen LogP contribution in [-0.2, 0) is 0 Å². The topological polar surface area (TPSA) is 3.24 Å². The lowest BCUT2D eigenvalue weighted by Crippen LogP contribution is -2.47. The van der Waals surface area contributed by atoms with E-state index in [1.807, 2.05) is 0 Å². The van der Waals surface area contributed by atoms with Crippen LogP contribution in [0.25, 0.3) is 11.1 Å². The van der Waals surface area contributed by atoms with Crippen LogP contribution < -0.4 is 0 Å². The van der Waals surface area contributed by atoms with Crippen molar-refractivity contribution in [1.29, 1.82) is 0 Å². The molecule has 1 nitrogen and oxygen atoms in total. The van der Waals surface area contributed by atoms with Gasteiger partial charge in [0.25, 0.3) is 0 Å². The summed E-state index contributed by atoms with van der Waals surface area (Å²) in [6, 6.07) is 16.5. The first-order valence-corrected chi connectivity index (χ1v) is 12.6. The van der Waals surface area contributed by atoms with Crippen LogP contribution in [0.2, 0.25) is 0 Å². The number of aryl methyl sites for hydroxylation is 2. The minimum atomic E-state index is 0.0337. The second kappa shape index (κ2) is 8.76. The van der Waals surface area contributed by atoms with Gasteiger partial charge in [-0.3, -0.25) is 4.90 Å². The van der Waals surface area contributed by atoms with Crippen molar-refractivity contribution in [3.8, 4) is 0 Å². The molecule has 0 aromatic heterocycles. The van der Waals surface area contributed by atoms with E-state index in [1.165, 1.54) is 33.4 Å². The Morgan fingerprint density at radius 3 is 2.30 bits per heavy atom. The van der Waals surface area contributed by atoms with Gasteiger partial charge in [0.05, 0.1) is 0 Å². The minimum absolute atomic E-state index is 0.0337. The molecule has 33 heavy (non-hydrogen) atoms. The van der Waals surface area contributed by atoms with Crippen molar-refractivity contribution in [2.75, 3.05) is 13.1 Å². The zero-order chi connectivity index (χ0) is 24.0. The molecular weight excluding hydrogens is 398 g/mol. The van der Waals surface area contributed by atoms with Gasteiger partial charge in [0.15, 0.2) is 0 Å². The zero-order valence-corrected chi connectivity index (χ0v) is 21.8. The fourth-order valence-corrected chi connectivity index (χ4v) is 6.29. The molecule has 0 bridgehead atoms. The van der Waals surface area contributed by atoms with Gasteiger partial charge in [-0.15, -0.1) is 0 Å². The molecule has 1 aliphatic heterocycles. The summed E-state index contributed by atoms with van der Waals surface area (Å²) in [5, 5.41) is 0. The summed E-state index contributed by atoms with van der Waals surface area (Å²) in [4.78, 5) is 2.71. The van der Waals surface area contributed by atoms with E-state index < -0.39 is 0 Å². The van der Waals surface area contributed by atoms with E-state index in [2.05, 4.69) is 115 Å². The van der Waals surface area contributed by atoms with Crippen LogP contribution in [0.3, 0.4) is 0 Å². The maximum Gasteiger partial charge on any atom is 0.0349 e. The Morgan fingerprint density at radius 1 is 1.00 bits per heavy atom. The van der Waals surface area contributed by atoms with Crippen LogP contribution in [0.5, 0.6) is 0 Å². The van der Waals surface area contributed by atoms with E-state index in [-0.39, 0.29) is 10.8 Å². The maximum absolute atomic E-state index is 4.09. The van der Waals surface area contributed by atoms with Crippen LogP contribution in [0.15, 0.2) is 66.8 Å². The van der Waals surface area contributed by atoms with Crippen molar-refractivity contribution in [2.24, 2.45) is 10.8 Å². The third-order valence-corrected chi connectivity index (χ3v) is 8.27. The lowest BCUT2D eigenvalue weighted by atomic mass is 9.58. The highest BCUT2D eigenvalue weighted by Gasteiger charge is 2.46. The molecule has 1 aliphatic carbocycles. The van der Waals surface area contributed by atoms with Gasteiger partial charge in [-0.05, 0) is 67.0 Å². The van der Waals surface area contributed by atoms with Crippen molar-refractivity contribution < 1.29 is 0 Å². The first-order chi connectivity index (χ1) is 15.6. The second-order valence-corrected chi connectivity index (χ2v) is 11.2. The van der Waals surface area contributed by atoms with Gasteiger partial charge < -0.3 is 0 Å². The first-order valence-electron chi connectivity index (χ1n) is 12.6. The normalized spacial score (nSPS) is 23.4. The number of allylic oxidation sites excluding steroid dienone is 3. The van der Waals surface area contributed by atoms with Crippen LogP contribution >= 0.6 is 0 Å². The van der Waals surface area contributed by atoms with Crippen molar-refractivity contribution in [1.82, 2.24) is 4.90 Å². The Hall–Kier alpha value is -2.38. The highest BCUT2D eigenvalue weighted by molar-refractivity contribution is 5.76. The van der Waals surface area contributed by atoms with Gasteiger partial charge in [0.2, 0.25) is 0 Å². The Kier molecular flexibility index (Phi) is 6.31. The van der Waals surface area contributed by atoms with E-state index in [1.54, 1.807) is 5.57 Å². The number of rotatable bonds is 5.